The molecule has 2 saturated heterocycles. The number of rotatable bonds is 3. The highest BCUT2D eigenvalue weighted by Crippen LogP contribution is 2.28. The minimum Gasteiger partial charge on any atom is -0.311 e. The summed E-state index contributed by atoms with van der Waals surface area (Å²) in [5, 5.41) is 3.83. The van der Waals surface area contributed by atoms with Gasteiger partial charge >= 0.3 is 0 Å². The Hall–Kier alpha value is -0.120. The Bertz CT molecular complexity index is 288. The molecule has 20 heavy (non-hydrogen) atoms. The fourth-order valence-corrected chi connectivity index (χ4v) is 4.60. The predicted octanol–water partition coefficient (Wildman–Crippen LogP) is 2.32. The van der Waals surface area contributed by atoms with E-state index < -0.39 is 0 Å². The summed E-state index contributed by atoms with van der Waals surface area (Å²) in [7, 11) is 0. The first kappa shape index (κ1) is 14.8. The first-order valence-electron chi connectivity index (χ1n) is 9.06. The second kappa shape index (κ2) is 7.24. The number of hydrogen-bond donors (Lipinski definition) is 1. The van der Waals surface area contributed by atoms with Gasteiger partial charge in [0.25, 0.3) is 0 Å². The largest absolute Gasteiger partial charge is 0.311 e. The van der Waals surface area contributed by atoms with Gasteiger partial charge in [0, 0.05) is 38.3 Å². The Morgan fingerprint density at radius 2 is 1.80 bits per heavy atom. The summed E-state index contributed by atoms with van der Waals surface area (Å²) < 4.78 is 0. The van der Waals surface area contributed by atoms with E-state index in [0.717, 1.165) is 18.0 Å². The fourth-order valence-electron chi connectivity index (χ4n) is 4.60. The zero-order valence-corrected chi connectivity index (χ0v) is 13.3. The van der Waals surface area contributed by atoms with Crippen LogP contribution in [0.15, 0.2) is 0 Å². The van der Waals surface area contributed by atoms with Crippen LogP contribution in [0.3, 0.4) is 0 Å². The van der Waals surface area contributed by atoms with E-state index in [-0.39, 0.29) is 0 Å². The van der Waals surface area contributed by atoms with Crippen LogP contribution in [0.1, 0.15) is 51.9 Å². The third kappa shape index (κ3) is 3.55. The van der Waals surface area contributed by atoms with E-state index in [4.69, 9.17) is 0 Å². The zero-order valence-electron chi connectivity index (χ0n) is 13.3. The van der Waals surface area contributed by atoms with Gasteiger partial charge in [-0.1, -0.05) is 26.2 Å². The molecular weight excluding hydrogens is 246 g/mol. The van der Waals surface area contributed by atoms with E-state index >= 15 is 0 Å². The van der Waals surface area contributed by atoms with Gasteiger partial charge in [-0.2, -0.15) is 0 Å². The summed E-state index contributed by atoms with van der Waals surface area (Å²) >= 11 is 0. The third-order valence-electron chi connectivity index (χ3n) is 5.90. The molecule has 1 N–H and O–H groups in total. The van der Waals surface area contributed by atoms with Crippen molar-refractivity contribution in [2.24, 2.45) is 5.92 Å². The summed E-state index contributed by atoms with van der Waals surface area (Å²) in [5.74, 6) is 0.956. The number of hydrogen-bond acceptors (Lipinski definition) is 3. The van der Waals surface area contributed by atoms with Crippen LogP contribution < -0.4 is 5.32 Å². The molecule has 116 valence electrons. The summed E-state index contributed by atoms with van der Waals surface area (Å²) in [6.07, 6.45) is 10.2. The van der Waals surface area contributed by atoms with Gasteiger partial charge in [0.15, 0.2) is 0 Å². The lowest BCUT2D eigenvalue weighted by molar-refractivity contribution is 0.0609. The monoisotopic (exact) mass is 279 g/mol. The van der Waals surface area contributed by atoms with Gasteiger partial charge in [0.1, 0.15) is 0 Å². The molecule has 3 heteroatoms. The Morgan fingerprint density at radius 3 is 2.60 bits per heavy atom. The van der Waals surface area contributed by atoms with Crippen molar-refractivity contribution >= 4 is 0 Å². The molecule has 1 aliphatic carbocycles. The second-order valence-corrected chi connectivity index (χ2v) is 7.14. The predicted molar refractivity (Wildman–Crippen MR) is 85.1 cm³/mol. The van der Waals surface area contributed by atoms with Gasteiger partial charge < -0.3 is 10.2 Å². The van der Waals surface area contributed by atoms with Crippen LogP contribution in [0.5, 0.6) is 0 Å². The number of nitrogens with one attached hydrogen (secondary N) is 1. The highest BCUT2D eigenvalue weighted by atomic mass is 15.3. The molecule has 3 rings (SSSR count). The van der Waals surface area contributed by atoms with Crippen molar-refractivity contribution in [1.29, 1.82) is 0 Å². The number of piperidine rings is 1. The van der Waals surface area contributed by atoms with Gasteiger partial charge in [-0.15, -0.1) is 0 Å². The van der Waals surface area contributed by atoms with Crippen molar-refractivity contribution in [2.75, 3.05) is 39.3 Å². The van der Waals surface area contributed by atoms with Crippen molar-refractivity contribution in [3.63, 3.8) is 0 Å². The smallest absolute Gasteiger partial charge is 0.0224 e. The Kier molecular flexibility index (Phi) is 5.36. The SMILES string of the molecule is CCN1CCCC(N2CCNC(C3CCCCC3)C2)C1. The Balaban J connectivity index is 1.54. The van der Waals surface area contributed by atoms with Gasteiger partial charge in [0.2, 0.25) is 0 Å². The van der Waals surface area contributed by atoms with E-state index in [2.05, 4.69) is 22.0 Å². The molecule has 0 aromatic rings. The van der Waals surface area contributed by atoms with Crippen molar-refractivity contribution in [3.8, 4) is 0 Å². The molecule has 3 nitrogen and oxygen atoms in total. The lowest BCUT2D eigenvalue weighted by Crippen LogP contribution is -2.59. The first-order valence-corrected chi connectivity index (χ1v) is 9.06. The standard InChI is InChI=1S/C17H33N3/c1-2-19-11-6-9-16(13-19)20-12-10-18-17(14-20)15-7-4-3-5-8-15/h15-18H,2-14H2,1H3. The van der Waals surface area contributed by atoms with Crippen LogP contribution in [-0.4, -0.2) is 61.2 Å². The zero-order chi connectivity index (χ0) is 13.8. The molecule has 0 bridgehead atoms. The molecule has 0 spiro atoms. The molecule has 2 unspecified atom stereocenters. The number of piperazine rings is 1. The van der Waals surface area contributed by atoms with Crippen molar-refractivity contribution < 1.29 is 0 Å². The number of likely N-dealkylation sites (N-methyl/N-ethyl adjacent to an activating group) is 1. The Labute approximate surface area is 125 Å². The topological polar surface area (TPSA) is 18.5 Å². The third-order valence-corrected chi connectivity index (χ3v) is 5.90. The maximum atomic E-state index is 3.83. The molecule has 1 saturated carbocycles. The maximum Gasteiger partial charge on any atom is 0.0224 e. The lowest BCUT2D eigenvalue weighted by atomic mass is 9.83. The van der Waals surface area contributed by atoms with Gasteiger partial charge in [0.05, 0.1) is 0 Å². The van der Waals surface area contributed by atoms with Gasteiger partial charge in [-0.05, 0) is 44.7 Å². The van der Waals surface area contributed by atoms with E-state index in [9.17, 15) is 0 Å². The molecule has 2 aliphatic heterocycles. The van der Waals surface area contributed by atoms with Crippen LogP contribution in [0.2, 0.25) is 0 Å². The average Bonchev–Trinajstić information content (AvgIpc) is 2.56. The minimum atomic E-state index is 0.779. The summed E-state index contributed by atoms with van der Waals surface area (Å²) in [4.78, 5) is 5.46. The van der Waals surface area contributed by atoms with Crippen LogP contribution in [0.25, 0.3) is 0 Å². The van der Waals surface area contributed by atoms with Gasteiger partial charge in [-0.25, -0.2) is 0 Å². The van der Waals surface area contributed by atoms with E-state index in [1.165, 1.54) is 84.2 Å². The second-order valence-electron chi connectivity index (χ2n) is 7.14. The molecule has 3 fully saturated rings. The molecule has 0 aromatic carbocycles. The maximum absolute atomic E-state index is 3.83. The average molecular weight is 279 g/mol. The minimum absolute atomic E-state index is 0.779. The quantitative estimate of drug-likeness (QED) is 0.855. The number of likely N-dealkylation sites (tertiary alicyclic amines) is 1. The molecule has 3 aliphatic rings. The molecule has 0 aromatic heterocycles. The highest BCUT2D eigenvalue weighted by Gasteiger charge is 2.32. The van der Waals surface area contributed by atoms with E-state index in [0.29, 0.717) is 0 Å². The number of nitrogens with zero attached hydrogens (tertiary/aromatic N) is 2. The van der Waals surface area contributed by atoms with Crippen molar-refractivity contribution in [3.05, 3.63) is 0 Å². The van der Waals surface area contributed by atoms with Crippen LogP contribution in [0, 0.1) is 5.92 Å². The summed E-state index contributed by atoms with van der Waals surface area (Å²) in [5.41, 5.74) is 0. The normalized spacial score (nSPS) is 35.2. The highest BCUT2D eigenvalue weighted by molar-refractivity contribution is 4.90. The molecule has 2 heterocycles. The molecular formula is C17H33N3. The van der Waals surface area contributed by atoms with Crippen LogP contribution in [0.4, 0.5) is 0 Å². The summed E-state index contributed by atoms with van der Waals surface area (Å²) in [6.45, 7) is 9.97. The Morgan fingerprint density at radius 1 is 0.950 bits per heavy atom. The van der Waals surface area contributed by atoms with Crippen molar-refractivity contribution in [2.45, 2.75) is 64.0 Å². The van der Waals surface area contributed by atoms with Crippen LogP contribution in [-0.2, 0) is 0 Å². The van der Waals surface area contributed by atoms with E-state index in [1.807, 2.05) is 0 Å². The molecule has 0 radical (unpaired) electrons. The summed E-state index contributed by atoms with van der Waals surface area (Å²) in [6, 6.07) is 1.61. The molecule has 2 atom stereocenters. The van der Waals surface area contributed by atoms with E-state index in [1.54, 1.807) is 0 Å². The first-order chi connectivity index (χ1) is 9.86. The van der Waals surface area contributed by atoms with Crippen LogP contribution >= 0.6 is 0 Å². The van der Waals surface area contributed by atoms with Crippen molar-refractivity contribution in [1.82, 2.24) is 15.1 Å². The van der Waals surface area contributed by atoms with Gasteiger partial charge in [-0.3, -0.25) is 4.90 Å². The fraction of sp³-hybridized carbons (Fsp3) is 1.00. The molecule has 0 amide bonds. The lowest BCUT2D eigenvalue weighted by Gasteiger charge is -2.45.